The maximum absolute atomic E-state index is 11.8. The van der Waals surface area contributed by atoms with Crippen LogP contribution in [-0.4, -0.2) is 42.8 Å². The lowest BCUT2D eigenvalue weighted by atomic mass is 10.2. The van der Waals surface area contributed by atoms with Gasteiger partial charge >= 0.3 is 0 Å². The zero-order valence-electron chi connectivity index (χ0n) is 8.94. The molecule has 0 radical (unpaired) electrons. The van der Waals surface area contributed by atoms with Crippen molar-refractivity contribution in [2.75, 3.05) is 26.2 Å². The fourth-order valence-electron chi connectivity index (χ4n) is 1.69. The van der Waals surface area contributed by atoms with Crippen LogP contribution in [0.4, 0.5) is 0 Å². The molecule has 0 unspecified atom stereocenters. The maximum atomic E-state index is 11.8. The monoisotopic (exact) mass is 238 g/mol. The SMILES string of the molecule is O=C(Cc1cccs1)C(=O)N1CCNCC1. The van der Waals surface area contributed by atoms with E-state index < -0.39 is 0 Å². The Morgan fingerprint density at radius 1 is 1.38 bits per heavy atom. The van der Waals surface area contributed by atoms with Crippen molar-refractivity contribution in [1.82, 2.24) is 10.2 Å². The fraction of sp³-hybridized carbons (Fsp3) is 0.455. The third-order valence-electron chi connectivity index (χ3n) is 2.56. The molecular weight excluding hydrogens is 224 g/mol. The first-order valence-corrected chi connectivity index (χ1v) is 6.20. The van der Waals surface area contributed by atoms with Crippen molar-refractivity contribution in [3.63, 3.8) is 0 Å². The average Bonchev–Trinajstić information content (AvgIpc) is 2.82. The van der Waals surface area contributed by atoms with Gasteiger partial charge in [-0.3, -0.25) is 9.59 Å². The number of carbonyl (C=O) groups is 2. The van der Waals surface area contributed by atoms with E-state index in [1.807, 2.05) is 17.5 Å². The fourth-order valence-corrected chi connectivity index (χ4v) is 2.39. The molecule has 2 heterocycles. The van der Waals surface area contributed by atoms with E-state index in [1.54, 1.807) is 4.90 Å². The molecule has 1 N–H and O–H groups in total. The van der Waals surface area contributed by atoms with Gasteiger partial charge in [-0.15, -0.1) is 11.3 Å². The summed E-state index contributed by atoms with van der Waals surface area (Å²) in [5, 5.41) is 5.07. The van der Waals surface area contributed by atoms with Crippen molar-refractivity contribution in [2.24, 2.45) is 0 Å². The van der Waals surface area contributed by atoms with Crippen molar-refractivity contribution in [2.45, 2.75) is 6.42 Å². The lowest BCUT2D eigenvalue weighted by Gasteiger charge is -2.26. The van der Waals surface area contributed by atoms with Crippen molar-refractivity contribution < 1.29 is 9.59 Å². The summed E-state index contributed by atoms with van der Waals surface area (Å²) in [4.78, 5) is 26.1. The summed E-state index contributed by atoms with van der Waals surface area (Å²) < 4.78 is 0. The Morgan fingerprint density at radius 3 is 2.75 bits per heavy atom. The Labute approximate surface area is 98.3 Å². The summed E-state index contributed by atoms with van der Waals surface area (Å²) in [5.41, 5.74) is 0. The van der Waals surface area contributed by atoms with Gasteiger partial charge in [-0.1, -0.05) is 6.07 Å². The zero-order valence-corrected chi connectivity index (χ0v) is 9.76. The van der Waals surface area contributed by atoms with Crippen LogP contribution >= 0.6 is 11.3 Å². The Kier molecular flexibility index (Phi) is 3.69. The molecule has 1 aromatic rings. The van der Waals surface area contributed by atoms with Gasteiger partial charge in [-0.05, 0) is 11.4 Å². The normalized spacial score (nSPS) is 16.1. The number of carbonyl (C=O) groups excluding carboxylic acids is 2. The quantitative estimate of drug-likeness (QED) is 0.770. The minimum Gasteiger partial charge on any atom is -0.334 e. The Hall–Kier alpha value is -1.20. The molecule has 5 heteroatoms. The molecule has 16 heavy (non-hydrogen) atoms. The average molecular weight is 238 g/mol. The van der Waals surface area contributed by atoms with E-state index in [0.717, 1.165) is 18.0 Å². The van der Waals surface area contributed by atoms with Crippen LogP contribution in [0.2, 0.25) is 0 Å². The summed E-state index contributed by atoms with van der Waals surface area (Å²) in [6, 6.07) is 3.77. The number of thiophene rings is 1. The molecule has 1 saturated heterocycles. The molecule has 1 aliphatic rings. The molecule has 0 aliphatic carbocycles. The summed E-state index contributed by atoms with van der Waals surface area (Å²) >= 11 is 1.51. The highest BCUT2D eigenvalue weighted by atomic mass is 32.1. The van der Waals surface area contributed by atoms with Gasteiger partial charge < -0.3 is 10.2 Å². The first-order chi connectivity index (χ1) is 7.77. The molecule has 2 rings (SSSR count). The van der Waals surface area contributed by atoms with Gasteiger partial charge in [0.25, 0.3) is 5.91 Å². The van der Waals surface area contributed by atoms with Crippen LogP contribution in [0.15, 0.2) is 17.5 Å². The maximum Gasteiger partial charge on any atom is 0.290 e. The van der Waals surface area contributed by atoms with Crippen LogP contribution in [0.1, 0.15) is 4.88 Å². The topological polar surface area (TPSA) is 49.4 Å². The summed E-state index contributed by atoms with van der Waals surface area (Å²) in [5.74, 6) is -0.640. The second-order valence-electron chi connectivity index (χ2n) is 3.72. The number of ketones is 1. The molecule has 0 aromatic carbocycles. The second-order valence-corrected chi connectivity index (χ2v) is 4.75. The van der Waals surface area contributed by atoms with Crippen LogP contribution in [0.25, 0.3) is 0 Å². The predicted molar refractivity (Wildman–Crippen MR) is 62.5 cm³/mol. The number of piperazine rings is 1. The smallest absolute Gasteiger partial charge is 0.290 e. The lowest BCUT2D eigenvalue weighted by molar-refractivity contribution is -0.144. The van der Waals surface area contributed by atoms with Crippen LogP contribution in [0, 0.1) is 0 Å². The van der Waals surface area contributed by atoms with E-state index in [2.05, 4.69) is 5.32 Å². The second kappa shape index (κ2) is 5.23. The van der Waals surface area contributed by atoms with Gasteiger partial charge in [0, 0.05) is 31.1 Å². The highest BCUT2D eigenvalue weighted by Gasteiger charge is 2.23. The van der Waals surface area contributed by atoms with Crippen LogP contribution < -0.4 is 5.32 Å². The van der Waals surface area contributed by atoms with Gasteiger partial charge in [0.2, 0.25) is 5.78 Å². The van der Waals surface area contributed by atoms with E-state index in [9.17, 15) is 9.59 Å². The molecule has 86 valence electrons. The minimum absolute atomic E-state index is 0.237. The van der Waals surface area contributed by atoms with Crippen molar-refractivity contribution in [1.29, 1.82) is 0 Å². The number of nitrogens with zero attached hydrogens (tertiary/aromatic N) is 1. The van der Waals surface area contributed by atoms with Gasteiger partial charge in [-0.25, -0.2) is 0 Å². The van der Waals surface area contributed by atoms with Crippen LogP contribution in [0.3, 0.4) is 0 Å². The number of rotatable bonds is 3. The molecule has 1 aromatic heterocycles. The Bertz CT molecular complexity index is 369. The van der Waals surface area contributed by atoms with Gasteiger partial charge in [0.05, 0.1) is 6.42 Å². The molecule has 1 amide bonds. The third-order valence-corrected chi connectivity index (χ3v) is 3.43. The van der Waals surface area contributed by atoms with E-state index in [4.69, 9.17) is 0 Å². The first kappa shape index (κ1) is 11.3. The molecule has 0 atom stereocenters. The number of hydrogen-bond acceptors (Lipinski definition) is 4. The number of Topliss-reactive ketones (excluding diaryl/α,β-unsaturated/α-hetero) is 1. The van der Waals surface area contributed by atoms with Crippen LogP contribution in [0.5, 0.6) is 0 Å². The largest absolute Gasteiger partial charge is 0.334 e. The van der Waals surface area contributed by atoms with Crippen molar-refractivity contribution >= 4 is 23.0 Å². The van der Waals surface area contributed by atoms with Gasteiger partial charge in [0.1, 0.15) is 0 Å². The highest BCUT2D eigenvalue weighted by Crippen LogP contribution is 2.10. The Morgan fingerprint density at radius 2 is 2.12 bits per heavy atom. The first-order valence-electron chi connectivity index (χ1n) is 5.32. The zero-order chi connectivity index (χ0) is 11.4. The third kappa shape index (κ3) is 2.68. The standard InChI is InChI=1S/C11H14N2O2S/c14-10(8-9-2-1-7-16-9)11(15)13-5-3-12-4-6-13/h1-2,7,12H,3-6,8H2. The molecule has 0 bridgehead atoms. The number of nitrogens with one attached hydrogen (secondary N) is 1. The molecule has 4 nitrogen and oxygen atoms in total. The van der Waals surface area contributed by atoms with E-state index in [-0.39, 0.29) is 18.1 Å². The predicted octanol–water partition coefficient (Wildman–Crippen LogP) is 0.291. The summed E-state index contributed by atoms with van der Waals surface area (Å²) in [6.07, 6.45) is 0.237. The summed E-state index contributed by atoms with van der Waals surface area (Å²) in [6.45, 7) is 2.82. The van der Waals surface area contributed by atoms with E-state index >= 15 is 0 Å². The lowest BCUT2D eigenvalue weighted by Crippen LogP contribution is -2.49. The minimum atomic E-state index is -0.338. The summed E-state index contributed by atoms with van der Waals surface area (Å²) in [7, 11) is 0. The Balaban J connectivity index is 1.91. The van der Waals surface area contributed by atoms with Crippen molar-refractivity contribution in [3.8, 4) is 0 Å². The van der Waals surface area contributed by atoms with Gasteiger partial charge in [0.15, 0.2) is 0 Å². The molecule has 0 spiro atoms. The van der Waals surface area contributed by atoms with Crippen molar-refractivity contribution in [3.05, 3.63) is 22.4 Å². The van der Waals surface area contributed by atoms with E-state index in [0.29, 0.717) is 13.1 Å². The highest BCUT2D eigenvalue weighted by molar-refractivity contribution is 7.10. The molecule has 1 fully saturated rings. The molecule has 1 aliphatic heterocycles. The number of hydrogen-bond donors (Lipinski definition) is 1. The van der Waals surface area contributed by atoms with E-state index in [1.165, 1.54) is 11.3 Å². The molecular formula is C11H14N2O2S. The number of amides is 1. The van der Waals surface area contributed by atoms with Crippen LogP contribution in [-0.2, 0) is 16.0 Å². The van der Waals surface area contributed by atoms with Gasteiger partial charge in [-0.2, -0.15) is 0 Å². The molecule has 0 saturated carbocycles.